The van der Waals surface area contributed by atoms with Crippen molar-refractivity contribution < 1.29 is 17.5 Å². The molecule has 0 unspecified atom stereocenters. The molecule has 1 aliphatic heterocycles. The van der Waals surface area contributed by atoms with E-state index < -0.39 is 15.8 Å². The van der Waals surface area contributed by atoms with Gasteiger partial charge in [0, 0.05) is 19.6 Å². The third-order valence-electron chi connectivity index (χ3n) is 3.24. The van der Waals surface area contributed by atoms with Crippen LogP contribution in [-0.4, -0.2) is 38.0 Å². The summed E-state index contributed by atoms with van der Waals surface area (Å²) in [6.07, 6.45) is -0.417. The molecule has 0 spiro atoms. The number of sulfonamides is 1. The molecule has 2 atom stereocenters. The Morgan fingerprint density at radius 1 is 1.35 bits per heavy atom. The van der Waals surface area contributed by atoms with E-state index in [0.29, 0.717) is 5.56 Å². The Kier molecular flexibility index (Phi) is 4.43. The van der Waals surface area contributed by atoms with Crippen LogP contribution in [0.1, 0.15) is 19.4 Å². The molecule has 0 saturated carbocycles. The van der Waals surface area contributed by atoms with E-state index in [1.807, 2.05) is 0 Å². The van der Waals surface area contributed by atoms with Gasteiger partial charge in [-0.15, -0.1) is 0 Å². The topological polar surface area (TPSA) is 72.6 Å². The molecule has 1 aromatic carbocycles. The van der Waals surface area contributed by atoms with E-state index in [2.05, 4.69) is 0 Å². The number of hydrogen-bond acceptors (Lipinski definition) is 4. The fourth-order valence-electron chi connectivity index (χ4n) is 2.35. The molecule has 1 aromatic rings. The predicted molar refractivity (Wildman–Crippen MR) is 73.1 cm³/mol. The van der Waals surface area contributed by atoms with Gasteiger partial charge in [0.15, 0.2) is 0 Å². The molecule has 2 rings (SSSR count). The van der Waals surface area contributed by atoms with Crippen LogP contribution in [0, 0.1) is 5.82 Å². The molecule has 7 heteroatoms. The molecule has 0 radical (unpaired) electrons. The Hall–Kier alpha value is -1.02. The fraction of sp³-hybridized carbons (Fsp3) is 0.538. The van der Waals surface area contributed by atoms with Gasteiger partial charge >= 0.3 is 0 Å². The maximum Gasteiger partial charge on any atom is 0.246 e. The van der Waals surface area contributed by atoms with Crippen molar-refractivity contribution in [1.29, 1.82) is 0 Å². The minimum atomic E-state index is -3.85. The molecule has 1 heterocycles. The lowest BCUT2D eigenvalue weighted by Crippen LogP contribution is -2.48. The van der Waals surface area contributed by atoms with Crippen LogP contribution in [0.2, 0.25) is 0 Å². The smallest absolute Gasteiger partial charge is 0.246 e. The number of hydrogen-bond donors (Lipinski definition) is 1. The van der Waals surface area contributed by atoms with Crippen molar-refractivity contribution in [2.24, 2.45) is 5.73 Å². The highest BCUT2D eigenvalue weighted by Crippen LogP contribution is 2.23. The van der Waals surface area contributed by atoms with Crippen LogP contribution >= 0.6 is 0 Å². The van der Waals surface area contributed by atoms with Gasteiger partial charge in [-0.2, -0.15) is 4.31 Å². The average Bonchev–Trinajstić information content (AvgIpc) is 2.37. The Bertz CT molecular complexity index is 581. The largest absolute Gasteiger partial charge is 0.373 e. The SMILES string of the molecule is C[C@@H]1CN(S(=O)(=O)c2ccc(CN)cc2F)C[C@H](C)O1. The molecule has 2 N–H and O–H groups in total. The number of nitrogens with zero attached hydrogens (tertiary/aromatic N) is 1. The first-order valence-corrected chi connectivity index (χ1v) is 7.92. The van der Waals surface area contributed by atoms with Crippen molar-refractivity contribution in [1.82, 2.24) is 4.31 Å². The second kappa shape index (κ2) is 5.77. The van der Waals surface area contributed by atoms with E-state index in [1.165, 1.54) is 22.5 Å². The number of ether oxygens (including phenoxy) is 1. The van der Waals surface area contributed by atoms with Crippen LogP contribution in [0.5, 0.6) is 0 Å². The summed E-state index contributed by atoms with van der Waals surface area (Å²) in [6.45, 7) is 4.22. The summed E-state index contributed by atoms with van der Waals surface area (Å²) in [7, 11) is -3.85. The zero-order chi connectivity index (χ0) is 14.9. The van der Waals surface area contributed by atoms with E-state index in [9.17, 15) is 12.8 Å². The number of benzene rings is 1. The zero-order valence-corrected chi connectivity index (χ0v) is 12.4. The first-order chi connectivity index (χ1) is 9.34. The van der Waals surface area contributed by atoms with Crippen LogP contribution in [0.4, 0.5) is 4.39 Å². The molecule has 1 saturated heterocycles. The fourth-order valence-corrected chi connectivity index (χ4v) is 3.98. The molecule has 112 valence electrons. The van der Waals surface area contributed by atoms with Crippen LogP contribution in [0.3, 0.4) is 0 Å². The van der Waals surface area contributed by atoms with Gasteiger partial charge in [-0.05, 0) is 31.5 Å². The standard InChI is InChI=1S/C13H19FN2O3S/c1-9-7-16(8-10(2)19-9)20(17,18)13-4-3-11(6-15)5-12(13)14/h3-5,9-10H,6-8,15H2,1-2H3/t9-,10+. The summed E-state index contributed by atoms with van der Waals surface area (Å²) in [5, 5.41) is 0. The molecule has 20 heavy (non-hydrogen) atoms. The van der Waals surface area contributed by atoms with Crippen LogP contribution < -0.4 is 5.73 Å². The molecule has 0 bridgehead atoms. The second-order valence-electron chi connectivity index (χ2n) is 5.05. The van der Waals surface area contributed by atoms with Crippen molar-refractivity contribution >= 4 is 10.0 Å². The van der Waals surface area contributed by atoms with Crippen LogP contribution in [0.25, 0.3) is 0 Å². The maximum absolute atomic E-state index is 14.0. The summed E-state index contributed by atoms with van der Waals surface area (Å²) >= 11 is 0. The lowest BCUT2D eigenvalue weighted by atomic mass is 10.2. The summed E-state index contributed by atoms with van der Waals surface area (Å²) < 4.78 is 45.8. The summed E-state index contributed by atoms with van der Waals surface area (Å²) in [5.41, 5.74) is 5.97. The minimum absolute atomic E-state index is 0.170. The molecule has 0 aromatic heterocycles. The first-order valence-electron chi connectivity index (χ1n) is 6.48. The van der Waals surface area contributed by atoms with Crippen molar-refractivity contribution in [3.8, 4) is 0 Å². The summed E-state index contributed by atoms with van der Waals surface area (Å²) in [5.74, 6) is -0.764. The Morgan fingerprint density at radius 3 is 2.45 bits per heavy atom. The normalized spacial score (nSPS) is 24.8. The number of morpholine rings is 1. The van der Waals surface area contributed by atoms with E-state index in [1.54, 1.807) is 13.8 Å². The summed E-state index contributed by atoms with van der Waals surface area (Å²) in [4.78, 5) is -0.309. The second-order valence-corrected chi connectivity index (χ2v) is 6.95. The molecular formula is C13H19FN2O3S. The van der Waals surface area contributed by atoms with Crippen LogP contribution in [0.15, 0.2) is 23.1 Å². The molecule has 1 aliphatic rings. The molecule has 0 aliphatic carbocycles. The van der Waals surface area contributed by atoms with Crippen molar-refractivity contribution in [2.45, 2.75) is 37.5 Å². The lowest BCUT2D eigenvalue weighted by molar-refractivity contribution is -0.0441. The highest BCUT2D eigenvalue weighted by molar-refractivity contribution is 7.89. The first kappa shape index (κ1) is 15.4. The van der Waals surface area contributed by atoms with Gasteiger partial charge in [-0.25, -0.2) is 12.8 Å². The minimum Gasteiger partial charge on any atom is -0.373 e. The molecule has 0 amide bonds. The number of nitrogens with two attached hydrogens (primary N) is 1. The van der Waals surface area contributed by atoms with Gasteiger partial charge in [0.1, 0.15) is 10.7 Å². The molecule has 5 nitrogen and oxygen atoms in total. The quantitative estimate of drug-likeness (QED) is 0.907. The van der Waals surface area contributed by atoms with E-state index in [0.717, 1.165) is 0 Å². The Balaban J connectivity index is 2.35. The van der Waals surface area contributed by atoms with Gasteiger partial charge in [-0.3, -0.25) is 0 Å². The predicted octanol–water partition coefficient (Wildman–Crippen LogP) is 1.08. The van der Waals surface area contributed by atoms with E-state index in [-0.39, 0.29) is 36.7 Å². The van der Waals surface area contributed by atoms with E-state index in [4.69, 9.17) is 10.5 Å². The van der Waals surface area contributed by atoms with Gasteiger partial charge in [0.05, 0.1) is 12.2 Å². The van der Waals surface area contributed by atoms with Crippen molar-refractivity contribution in [3.05, 3.63) is 29.6 Å². The van der Waals surface area contributed by atoms with Gasteiger partial charge in [0.25, 0.3) is 0 Å². The Labute approximate surface area is 118 Å². The lowest BCUT2D eigenvalue weighted by Gasteiger charge is -2.34. The summed E-state index contributed by atoms with van der Waals surface area (Å²) in [6, 6.07) is 3.97. The van der Waals surface area contributed by atoms with Gasteiger partial charge in [0.2, 0.25) is 10.0 Å². The van der Waals surface area contributed by atoms with Crippen molar-refractivity contribution in [2.75, 3.05) is 13.1 Å². The third kappa shape index (κ3) is 3.01. The average molecular weight is 302 g/mol. The Morgan fingerprint density at radius 2 is 1.95 bits per heavy atom. The van der Waals surface area contributed by atoms with Gasteiger partial charge in [-0.1, -0.05) is 6.07 Å². The monoisotopic (exact) mass is 302 g/mol. The zero-order valence-electron chi connectivity index (χ0n) is 11.5. The van der Waals surface area contributed by atoms with Gasteiger partial charge < -0.3 is 10.5 Å². The maximum atomic E-state index is 14.0. The third-order valence-corrected chi connectivity index (χ3v) is 5.10. The highest BCUT2D eigenvalue weighted by Gasteiger charge is 2.33. The molecule has 1 fully saturated rings. The highest BCUT2D eigenvalue weighted by atomic mass is 32.2. The van der Waals surface area contributed by atoms with Crippen LogP contribution in [-0.2, 0) is 21.3 Å². The number of halogens is 1. The number of rotatable bonds is 3. The molecular weight excluding hydrogens is 283 g/mol. The van der Waals surface area contributed by atoms with Crippen molar-refractivity contribution in [3.63, 3.8) is 0 Å². The van der Waals surface area contributed by atoms with E-state index >= 15 is 0 Å².